The molecule has 2 aromatic heterocycles. The normalized spacial score (nSPS) is 11.8. The van der Waals surface area contributed by atoms with Crippen LogP contribution in [0.1, 0.15) is 27.9 Å². The van der Waals surface area contributed by atoms with Crippen molar-refractivity contribution < 1.29 is 14.3 Å². The zero-order valence-corrected chi connectivity index (χ0v) is 15.4. The maximum absolute atomic E-state index is 12.7. The van der Waals surface area contributed by atoms with Gasteiger partial charge in [0.05, 0.1) is 19.2 Å². The van der Waals surface area contributed by atoms with Crippen molar-refractivity contribution in [1.82, 2.24) is 19.9 Å². The number of rotatable bonds is 6. The smallest absolute Gasteiger partial charge is 0.268 e. The van der Waals surface area contributed by atoms with Crippen LogP contribution in [0.2, 0.25) is 5.02 Å². The first kappa shape index (κ1) is 17.9. The molecule has 0 fully saturated rings. The van der Waals surface area contributed by atoms with Gasteiger partial charge in [-0.05, 0) is 23.8 Å². The average Bonchev–Trinajstić information content (AvgIpc) is 3.27. The fourth-order valence-electron chi connectivity index (χ4n) is 2.66. The van der Waals surface area contributed by atoms with Crippen molar-refractivity contribution in [3.63, 3.8) is 0 Å². The zero-order valence-electron chi connectivity index (χ0n) is 14.6. The number of nitrogens with zero attached hydrogens (tertiary/aromatic N) is 2. The molecule has 1 atom stereocenters. The maximum atomic E-state index is 12.7. The van der Waals surface area contributed by atoms with Crippen molar-refractivity contribution in [2.45, 2.75) is 6.04 Å². The number of ether oxygens (including phenoxy) is 2. The number of hydrogen-bond acceptors (Lipinski definition) is 4. The van der Waals surface area contributed by atoms with Crippen LogP contribution < -0.4 is 14.8 Å². The van der Waals surface area contributed by atoms with E-state index in [0.717, 1.165) is 5.56 Å². The number of hydrogen-bond donors (Lipinski definition) is 2. The summed E-state index contributed by atoms with van der Waals surface area (Å²) in [5.74, 6) is 1.62. The first-order valence-corrected chi connectivity index (χ1v) is 8.24. The predicted octanol–water partition coefficient (Wildman–Crippen LogP) is 2.94. The van der Waals surface area contributed by atoms with Crippen LogP contribution in [0.5, 0.6) is 11.5 Å². The molecule has 3 rings (SSSR count). The number of H-pyrrole nitrogens is 1. The molecule has 7 nitrogen and oxygen atoms in total. The van der Waals surface area contributed by atoms with Crippen LogP contribution in [-0.2, 0) is 7.05 Å². The molecule has 3 aromatic rings. The molecule has 0 aliphatic heterocycles. The number of nitrogens with one attached hydrogen (secondary N) is 2. The van der Waals surface area contributed by atoms with Crippen molar-refractivity contribution in [3.05, 3.63) is 65.0 Å². The van der Waals surface area contributed by atoms with Gasteiger partial charge in [-0.15, -0.1) is 0 Å². The molecule has 2 N–H and O–H groups in total. The van der Waals surface area contributed by atoms with E-state index in [0.29, 0.717) is 28.0 Å². The van der Waals surface area contributed by atoms with E-state index in [1.807, 2.05) is 29.9 Å². The van der Waals surface area contributed by atoms with Crippen LogP contribution in [0, 0.1) is 0 Å². The van der Waals surface area contributed by atoms with Crippen LogP contribution >= 0.6 is 11.6 Å². The van der Waals surface area contributed by atoms with Crippen LogP contribution in [0.3, 0.4) is 0 Å². The molecule has 0 unspecified atom stereocenters. The van der Waals surface area contributed by atoms with E-state index in [1.165, 1.54) is 0 Å². The van der Waals surface area contributed by atoms with Gasteiger partial charge in [-0.3, -0.25) is 4.79 Å². The van der Waals surface area contributed by atoms with E-state index in [2.05, 4.69) is 15.3 Å². The number of amides is 1. The summed E-state index contributed by atoms with van der Waals surface area (Å²) in [5.41, 5.74) is 1.14. The van der Waals surface area contributed by atoms with Gasteiger partial charge in [-0.25, -0.2) is 4.98 Å². The maximum Gasteiger partial charge on any atom is 0.268 e. The average molecular weight is 375 g/mol. The Hall–Kier alpha value is -2.93. The Labute approximate surface area is 155 Å². The highest BCUT2D eigenvalue weighted by Gasteiger charge is 2.23. The van der Waals surface area contributed by atoms with E-state index < -0.39 is 6.04 Å². The Morgan fingerprint density at radius 2 is 1.92 bits per heavy atom. The molecular formula is C18H19ClN4O3. The topological polar surface area (TPSA) is 81.2 Å². The Balaban J connectivity index is 2.02. The Morgan fingerprint density at radius 1 is 1.23 bits per heavy atom. The van der Waals surface area contributed by atoms with Gasteiger partial charge in [0.15, 0.2) is 0 Å². The molecule has 0 saturated heterocycles. The van der Waals surface area contributed by atoms with Crippen molar-refractivity contribution in [2.75, 3.05) is 14.2 Å². The van der Waals surface area contributed by atoms with Gasteiger partial charge in [-0.2, -0.15) is 0 Å². The molecule has 8 heteroatoms. The fraction of sp³-hybridized carbons (Fsp3) is 0.222. The highest BCUT2D eigenvalue weighted by Crippen LogP contribution is 2.29. The number of aromatic amines is 1. The summed E-state index contributed by atoms with van der Waals surface area (Å²) in [6, 6.07) is 6.51. The molecular weight excluding hydrogens is 356 g/mol. The summed E-state index contributed by atoms with van der Waals surface area (Å²) in [5, 5.41) is 3.45. The summed E-state index contributed by atoms with van der Waals surface area (Å²) in [7, 11) is 5.02. The molecule has 0 radical (unpaired) electrons. The monoisotopic (exact) mass is 374 g/mol. The fourth-order valence-corrected chi connectivity index (χ4v) is 2.82. The van der Waals surface area contributed by atoms with Crippen molar-refractivity contribution in [2.24, 2.45) is 7.05 Å². The minimum atomic E-state index is -0.506. The Morgan fingerprint density at radius 3 is 2.42 bits per heavy atom. The van der Waals surface area contributed by atoms with E-state index in [-0.39, 0.29) is 5.91 Å². The highest BCUT2D eigenvalue weighted by atomic mass is 35.5. The van der Waals surface area contributed by atoms with Gasteiger partial charge in [0, 0.05) is 31.7 Å². The molecule has 1 amide bonds. The summed E-state index contributed by atoms with van der Waals surface area (Å²) in [6.45, 7) is 0. The van der Waals surface area contributed by atoms with Crippen LogP contribution in [0.25, 0.3) is 0 Å². The number of aryl methyl sites for hydroxylation is 1. The van der Waals surface area contributed by atoms with Gasteiger partial charge >= 0.3 is 0 Å². The third-order valence-electron chi connectivity index (χ3n) is 3.99. The van der Waals surface area contributed by atoms with Crippen molar-refractivity contribution in [1.29, 1.82) is 0 Å². The molecule has 0 aliphatic carbocycles. The van der Waals surface area contributed by atoms with Crippen LogP contribution in [-0.4, -0.2) is 34.7 Å². The SMILES string of the molecule is COc1cc(OC)cc([C@H](NC(=O)c2cc(Cl)c[nH]2)c2nccn2C)c1. The number of carbonyl (C=O) groups excluding carboxylic acids is 1. The van der Waals surface area contributed by atoms with E-state index in [1.54, 1.807) is 38.7 Å². The van der Waals surface area contributed by atoms with Crippen molar-refractivity contribution >= 4 is 17.5 Å². The van der Waals surface area contributed by atoms with Crippen molar-refractivity contribution in [3.8, 4) is 11.5 Å². The molecule has 0 aliphatic rings. The minimum Gasteiger partial charge on any atom is -0.497 e. The third kappa shape index (κ3) is 3.67. The summed E-state index contributed by atoms with van der Waals surface area (Å²) >= 11 is 5.90. The summed E-state index contributed by atoms with van der Waals surface area (Å²) in [4.78, 5) is 19.9. The van der Waals surface area contributed by atoms with Crippen LogP contribution in [0.15, 0.2) is 42.9 Å². The number of benzene rings is 1. The minimum absolute atomic E-state index is 0.299. The van der Waals surface area contributed by atoms with Gasteiger partial charge in [0.1, 0.15) is 29.1 Å². The van der Waals surface area contributed by atoms with Gasteiger partial charge in [0.25, 0.3) is 5.91 Å². The van der Waals surface area contributed by atoms with E-state index >= 15 is 0 Å². The predicted molar refractivity (Wildman–Crippen MR) is 97.9 cm³/mol. The third-order valence-corrected chi connectivity index (χ3v) is 4.21. The lowest BCUT2D eigenvalue weighted by Gasteiger charge is -2.20. The molecule has 1 aromatic carbocycles. The molecule has 0 bridgehead atoms. The lowest BCUT2D eigenvalue weighted by molar-refractivity contribution is 0.0936. The quantitative estimate of drug-likeness (QED) is 0.695. The van der Waals surface area contributed by atoms with Crippen LogP contribution in [0.4, 0.5) is 0 Å². The molecule has 136 valence electrons. The first-order chi connectivity index (χ1) is 12.5. The van der Waals surface area contributed by atoms with Gasteiger partial charge in [-0.1, -0.05) is 11.6 Å². The van der Waals surface area contributed by atoms with E-state index in [9.17, 15) is 4.79 Å². The van der Waals surface area contributed by atoms with Gasteiger partial charge < -0.3 is 24.3 Å². The second kappa shape index (κ2) is 7.53. The Bertz CT molecular complexity index is 897. The number of carbonyl (C=O) groups is 1. The summed E-state index contributed by atoms with van der Waals surface area (Å²) in [6.07, 6.45) is 5.05. The largest absolute Gasteiger partial charge is 0.497 e. The summed E-state index contributed by atoms with van der Waals surface area (Å²) < 4.78 is 12.5. The molecule has 0 saturated carbocycles. The number of methoxy groups -OCH3 is 2. The van der Waals surface area contributed by atoms with Gasteiger partial charge in [0.2, 0.25) is 0 Å². The second-order valence-corrected chi connectivity index (χ2v) is 6.12. The standard InChI is InChI=1S/C18H19ClN4O3/c1-23-5-4-20-17(23)16(22-18(24)15-8-12(19)10-21-15)11-6-13(25-2)9-14(7-11)26-3/h4-10,16,21H,1-3H3,(H,22,24)/t16-/m0/s1. The zero-order chi connectivity index (χ0) is 18.7. The van der Waals surface area contributed by atoms with E-state index in [4.69, 9.17) is 21.1 Å². The lowest BCUT2D eigenvalue weighted by Crippen LogP contribution is -2.31. The number of imidazole rings is 1. The first-order valence-electron chi connectivity index (χ1n) is 7.86. The number of aromatic nitrogens is 3. The molecule has 26 heavy (non-hydrogen) atoms. The number of halogens is 1. The highest BCUT2D eigenvalue weighted by molar-refractivity contribution is 6.30. The molecule has 0 spiro atoms. The Kier molecular flexibility index (Phi) is 5.18. The lowest BCUT2D eigenvalue weighted by atomic mass is 10.0. The molecule has 2 heterocycles. The second-order valence-electron chi connectivity index (χ2n) is 5.68.